The molecule has 0 N–H and O–H groups in total. The number of hydrogen-bond donors (Lipinski definition) is 0. The van der Waals surface area contributed by atoms with Crippen molar-refractivity contribution >= 4 is 55.9 Å². The summed E-state index contributed by atoms with van der Waals surface area (Å²) in [6, 6.07) is 69.8. The van der Waals surface area contributed by atoms with Crippen LogP contribution < -0.4 is 9.80 Å². The van der Waals surface area contributed by atoms with E-state index in [1.165, 1.54) is 0 Å². The molecule has 0 fully saturated rings. The van der Waals surface area contributed by atoms with E-state index in [1.54, 1.807) is 24.8 Å². The van der Waals surface area contributed by atoms with Gasteiger partial charge in [0, 0.05) is 36.2 Å². The van der Waals surface area contributed by atoms with Crippen molar-refractivity contribution in [2.75, 3.05) is 9.80 Å². The first kappa shape index (κ1) is 39.3. The van der Waals surface area contributed by atoms with E-state index in [0.29, 0.717) is 5.95 Å². The molecule has 286 valence electrons. The van der Waals surface area contributed by atoms with Crippen LogP contribution in [0.4, 0.5) is 34.1 Å². The second kappa shape index (κ2) is 17.5. The third-order valence-electron chi connectivity index (χ3n) is 9.74. The summed E-state index contributed by atoms with van der Waals surface area (Å²) < 4.78 is 2.05. The first-order chi connectivity index (χ1) is 28.3. The Morgan fingerprint density at radius 3 is 1.24 bits per heavy atom. The minimum atomic E-state index is 0. The van der Waals surface area contributed by atoms with Gasteiger partial charge < -0.3 is 24.3 Å². The maximum atomic E-state index is 4.75. The summed E-state index contributed by atoms with van der Waals surface area (Å²) in [4.78, 5) is 23.0. The van der Waals surface area contributed by atoms with E-state index in [-0.39, 0.29) is 41.5 Å². The zero-order chi connectivity index (χ0) is 38.0. The molecule has 7 nitrogen and oxygen atoms in total. The number of anilines is 6. The fourth-order valence-electron chi connectivity index (χ4n) is 7.20. The van der Waals surface area contributed by atoms with Crippen LogP contribution in [-0.2, 0) is 41.5 Å². The van der Waals surface area contributed by atoms with Gasteiger partial charge in [0.1, 0.15) is 0 Å². The Morgan fingerprint density at radius 2 is 0.797 bits per heavy atom. The zero-order valence-corrected chi connectivity index (χ0v) is 35.0. The summed E-state index contributed by atoms with van der Waals surface area (Å²) in [5, 5.41) is 2.00. The SMILES string of the molecule is [Pd+2].[Pt+2].[c-]1c(-c2ccccn2)cccc1N(c1[c-]c2c(cc1)c1ccc(N(c3[c-]c(-c4ccccn4)ccc3)c3ccccc3)[c-]c1n2-c1ncccn1)c1ccccc1. The van der Waals surface area contributed by atoms with Gasteiger partial charge in [-0.05, 0) is 65.2 Å². The minimum Gasteiger partial charge on any atom is -0.352 e. The maximum Gasteiger partial charge on any atom is 2.00 e. The molecule has 0 atom stereocenters. The van der Waals surface area contributed by atoms with Crippen molar-refractivity contribution in [3.05, 3.63) is 213 Å². The van der Waals surface area contributed by atoms with E-state index in [2.05, 4.69) is 105 Å². The molecule has 10 aromatic rings. The van der Waals surface area contributed by atoms with Gasteiger partial charge in [0.05, 0.1) is 0 Å². The molecule has 10 rings (SSSR count). The van der Waals surface area contributed by atoms with Crippen LogP contribution in [-0.4, -0.2) is 24.5 Å². The number of para-hydroxylation sites is 2. The van der Waals surface area contributed by atoms with Crippen molar-refractivity contribution in [2.24, 2.45) is 0 Å². The van der Waals surface area contributed by atoms with E-state index in [0.717, 1.165) is 78.4 Å². The van der Waals surface area contributed by atoms with Gasteiger partial charge >= 0.3 is 41.5 Å². The van der Waals surface area contributed by atoms with Crippen LogP contribution in [0.15, 0.2) is 189 Å². The van der Waals surface area contributed by atoms with E-state index in [1.807, 2.05) is 108 Å². The van der Waals surface area contributed by atoms with Crippen LogP contribution in [0.25, 0.3) is 50.3 Å². The molecule has 6 aromatic carbocycles. The van der Waals surface area contributed by atoms with E-state index < -0.39 is 0 Å². The molecule has 59 heavy (non-hydrogen) atoms. The van der Waals surface area contributed by atoms with Gasteiger partial charge in [0.2, 0.25) is 5.95 Å². The third-order valence-corrected chi connectivity index (χ3v) is 9.74. The summed E-state index contributed by atoms with van der Waals surface area (Å²) >= 11 is 0. The first-order valence-electron chi connectivity index (χ1n) is 18.6. The Balaban J connectivity index is 0.00000242. The largest absolute Gasteiger partial charge is 2.00 e. The Kier molecular flexibility index (Phi) is 11.7. The van der Waals surface area contributed by atoms with E-state index in [9.17, 15) is 0 Å². The zero-order valence-electron chi connectivity index (χ0n) is 31.2. The van der Waals surface area contributed by atoms with Gasteiger partial charge in [-0.2, -0.15) is 22.9 Å². The van der Waals surface area contributed by atoms with Crippen LogP contribution in [0, 0.1) is 24.3 Å². The molecular weight excluding hydrogens is 1000 g/mol. The standard InChI is InChI=1S/C50H31N7.Pd.Pt/c1-3-16-38(17-4-1)55(40-20-11-14-36(32-40)46-22-7-9-28-51-46)42-24-26-44-45-27-25-43(35-49(45)57(48(44)34-42)50-53-30-13-31-54-50)56(39-18-5-2-6-19-39)41-21-12-15-37(33-41)47-23-8-10-29-52-47;;/h1-31H;;/q-4;2*+2. The number of benzene rings is 6. The molecule has 9 heteroatoms. The molecule has 4 heterocycles. The summed E-state index contributed by atoms with van der Waals surface area (Å²) in [5.41, 5.74) is 10.4. The van der Waals surface area contributed by atoms with Crippen LogP contribution in [0.2, 0.25) is 0 Å². The van der Waals surface area contributed by atoms with Crippen molar-refractivity contribution in [3.8, 4) is 28.5 Å². The number of hydrogen-bond acceptors (Lipinski definition) is 6. The third kappa shape index (κ3) is 7.75. The van der Waals surface area contributed by atoms with Crippen molar-refractivity contribution in [1.82, 2.24) is 24.5 Å². The summed E-state index contributed by atoms with van der Waals surface area (Å²) in [7, 11) is 0. The smallest absolute Gasteiger partial charge is 0.352 e. The number of pyridine rings is 2. The summed E-state index contributed by atoms with van der Waals surface area (Å²) in [5.74, 6) is 0.518. The number of fused-ring (bicyclic) bond motifs is 3. The van der Waals surface area contributed by atoms with Crippen molar-refractivity contribution < 1.29 is 41.5 Å². The second-order valence-corrected chi connectivity index (χ2v) is 13.3. The molecular formula is C50H31N7PdPt. The molecule has 0 amide bonds. The van der Waals surface area contributed by atoms with Gasteiger partial charge in [0.15, 0.2) is 0 Å². The van der Waals surface area contributed by atoms with Crippen LogP contribution in [0.1, 0.15) is 0 Å². The van der Waals surface area contributed by atoms with E-state index in [4.69, 9.17) is 9.97 Å². The second-order valence-electron chi connectivity index (χ2n) is 13.3. The van der Waals surface area contributed by atoms with E-state index >= 15 is 0 Å². The molecule has 4 aromatic heterocycles. The molecule has 0 saturated heterocycles. The van der Waals surface area contributed by atoms with Gasteiger partial charge in [-0.25, -0.2) is 9.97 Å². The Morgan fingerprint density at radius 1 is 0.373 bits per heavy atom. The Hall–Kier alpha value is -6.55. The average molecular weight is 1030 g/mol. The molecule has 0 aliphatic carbocycles. The van der Waals surface area contributed by atoms with Crippen molar-refractivity contribution in [1.29, 1.82) is 0 Å². The fourth-order valence-corrected chi connectivity index (χ4v) is 7.20. The van der Waals surface area contributed by atoms with Crippen LogP contribution >= 0.6 is 0 Å². The monoisotopic (exact) mass is 1030 g/mol. The van der Waals surface area contributed by atoms with Gasteiger partial charge in [0.25, 0.3) is 0 Å². The van der Waals surface area contributed by atoms with Crippen molar-refractivity contribution in [2.45, 2.75) is 0 Å². The Bertz CT molecular complexity index is 2780. The quantitative estimate of drug-likeness (QED) is 0.106. The van der Waals surface area contributed by atoms with Crippen LogP contribution in [0.3, 0.4) is 0 Å². The molecule has 0 saturated carbocycles. The predicted octanol–water partition coefficient (Wildman–Crippen LogP) is 11.8. The molecule has 0 radical (unpaired) electrons. The predicted molar refractivity (Wildman–Crippen MR) is 228 cm³/mol. The number of aromatic nitrogens is 5. The Labute approximate surface area is 370 Å². The molecule has 0 aliphatic rings. The molecule has 0 bridgehead atoms. The first-order valence-corrected chi connectivity index (χ1v) is 18.6. The summed E-state index contributed by atoms with van der Waals surface area (Å²) in [6.45, 7) is 0. The molecule has 0 unspecified atom stereocenters. The molecule has 0 aliphatic heterocycles. The minimum absolute atomic E-state index is 0. The number of nitrogens with zero attached hydrogens (tertiary/aromatic N) is 7. The number of rotatable bonds is 9. The normalized spacial score (nSPS) is 10.8. The van der Waals surface area contributed by atoms with Gasteiger partial charge in [-0.15, -0.1) is 83.9 Å². The average Bonchev–Trinajstić information content (AvgIpc) is 3.61. The summed E-state index contributed by atoms with van der Waals surface area (Å²) in [6.07, 6.45) is 7.12. The van der Waals surface area contributed by atoms with Crippen molar-refractivity contribution in [3.63, 3.8) is 0 Å². The topological polar surface area (TPSA) is 63.0 Å². The maximum absolute atomic E-state index is 4.75. The van der Waals surface area contributed by atoms with Crippen LogP contribution in [0.5, 0.6) is 0 Å². The fraction of sp³-hybridized carbons (Fsp3) is 0. The van der Waals surface area contributed by atoms with Gasteiger partial charge in [-0.3, -0.25) is 0 Å². The van der Waals surface area contributed by atoms with Gasteiger partial charge in [-0.1, -0.05) is 83.1 Å². The molecule has 0 spiro atoms.